The summed E-state index contributed by atoms with van der Waals surface area (Å²) in [4.78, 5) is 4.43. The Labute approximate surface area is 146 Å². The van der Waals surface area contributed by atoms with Gasteiger partial charge in [0.15, 0.2) is 0 Å². The average molecular weight is 333 g/mol. The molecule has 0 bridgehead atoms. The molecule has 3 rings (SSSR count). The topological polar surface area (TPSA) is 101 Å². The molecular weight excluding hydrogens is 314 g/mol. The van der Waals surface area contributed by atoms with E-state index in [0.717, 1.165) is 23.5 Å². The van der Waals surface area contributed by atoms with Gasteiger partial charge < -0.3 is 10.8 Å². The summed E-state index contributed by atoms with van der Waals surface area (Å²) in [5.74, 6) is 0.297. The number of hydrogen-bond acceptors (Lipinski definition) is 5. The van der Waals surface area contributed by atoms with Gasteiger partial charge in [-0.25, -0.2) is 4.98 Å². The van der Waals surface area contributed by atoms with E-state index in [2.05, 4.69) is 16.2 Å². The van der Waals surface area contributed by atoms with Crippen molar-refractivity contribution >= 4 is 5.82 Å². The van der Waals surface area contributed by atoms with Gasteiger partial charge in [0.05, 0.1) is 11.4 Å². The van der Waals surface area contributed by atoms with Crippen molar-refractivity contribution in [3.05, 3.63) is 47.3 Å². The Morgan fingerprint density at radius 1 is 1.28 bits per heavy atom. The lowest BCUT2D eigenvalue weighted by Crippen LogP contribution is -2.01. The van der Waals surface area contributed by atoms with Crippen LogP contribution in [0.15, 0.2) is 30.3 Å². The SMILES string of the molecule is CCn1nc(C)c(-c2cc(-c3cccc(O)c3)c(C#N)c(N)n2)c1C. The van der Waals surface area contributed by atoms with Gasteiger partial charge in [-0.2, -0.15) is 10.4 Å². The van der Waals surface area contributed by atoms with Crippen LogP contribution in [-0.2, 0) is 6.54 Å². The van der Waals surface area contributed by atoms with Crippen LogP contribution in [-0.4, -0.2) is 19.9 Å². The van der Waals surface area contributed by atoms with Crippen LogP contribution in [0.1, 0.15) is 23.9 Å². The fourth-order valence-corrected chi connectivity index (χ4v) is 3.09. The standard InChI is InChI=1S/C19H19N5O/c1-4-24-12(3)18(11(2)23-24)17-9-15(16(10-20)19(21)22-17)13-6-5-7-14(25)8-13/h5-9,25H,4H2,1-3H3,(H2,21,22). The van der Waals surface area contributed by atoms with E-state index >= 15 is 0 Å². The summed E-state index contributed by atoms with van der Waals surface area (Å²) in [6.45, 7) is 6.71. The van der Waals surface area contributed by atoms with Crippen LogP contribution in [0.5, 0.6) is 5.75 Å². The quantitative estimate of drug-likeness (QED) is 0.765. The highest BCUT2D eigenvalue weighted by atomic mass is 16.3. The zero-order valence-corrected chi connectivity index (χ0v) is 14.4. The van der Waals surface area contributed by atoms with Crippen molar-refractivity contribution < 1.29 is 5.11 Å². The number of nitrogens with zero attached hydrogens (tertiary/aromatic N) is 4. The first-order valence-corrected chi connectivity index (χ1v) is 8.00. The van der Waals surface area contributed by atoms with Crippen molar-refractivity contribution in [2.75, 3.05) is 5.73 Å². The van der Waals surface area contributed by atoms with Gasteiger partial charge in [-0.05, 0) is 44.5 Å². The molecule has 2 aromatic heterocycles. The molecule has 25 heavy (non-hydrogen) atoms. The number of phenols is 1. The predicted molar refractivity (Wildman–Crippen MR) is 96.8 cm³/mol. The molecule has 0 atom stereocenters. The van der Waals surface area contributed by atoms with Gasteiger partial charge in [0.25, 0.3) is 0 Å². The van der Waals surface area contributed by atoms with Crippen LogP contribution in [0.25, 0.3) is 22.4 Å². The first kappa shape index (κ1) is 16.5. The predicted octanol–water partition coefficient (Wildman–Crippen LogP) is 3.41. The molecule has 0 aliphatic heterocycles. The van der Waals surface area contributed by atoms with Crippen molar-refractivity contribution in [3.8, 4) is 34.2 Å². The third-order valence-electron chi connectivity index (χ3n) is 4.25. The molecule has 3 N–H and O–H groups in total. The zero-order valence-electron chi connectivity index (χ0n) is 14.4. The van der Waals surface area contributed by atoms with Crippen molar-refractivity contribution in [2.45, 2.75) is 27.3 Å². The van der Waals surface area contributed by atoms with Crippen LogP contribution < -0.4 is 5.73 Å². The van der Waals surface area contributed by atoms with Crippen LogP contribution in [0, 0.1) is 25.2 Å². The van der Waals surface area contributed by atoms with Gasteiger partial charge in [0.2, 0.25) is 0 Å². The highest BCUT2D eigenvalue weighted by Crippen LogP contribution is 2.34. The number of hydrogen-bond donors (Lipinski definition) is 2. The molecule has 0 saturated carbocycles. The molecule has 2 heterocycles. The molecular formula is C19H19N5O. The van der Waals surface area contributed by atoms with Gasteiger partial charge in [-0.3, -0.25) is 4.68 Å². The number of phenolic OH excluding ortho intramolecular Hbond substituents is 1. The third-order valence-corrected chi connectivity index (χ3v) is 4.25. The Hall–Kier alpha value is -3.33. The summed E-state index contributed by atoms with van der Waals surface area (Å²) < 4.78 is 1.91. The van der Waals surface area contributed by atoms with Gasteiger partial charge >= 0.3 is 0 Å². The second-order valence-electron chi connectivity index (χ2n) is 5.84. The molecule has 0 aliphatic rings. The van der Waals surface area contributed by atoms with Crippen LogP contribution in [0.4, 0.5) is 5.82 Å². The minimum absolute atomic E-state index is 0.129. The van der Waals surface area contributed by atoms with Crippen molar-refractivity contribution in [1.29, 1.82) is 5.26 Å². The van der Waals surface area contributed by atoms with Crippen molar-refractivity contribution in [1.82, 2.24) is 14.8 Å². The maximum atomic E-state index is 9.77. The van der Waals surface area contributed by atoms with E-state index in [1.807, 2.05) is 37.6 Å². The second-order valence-corrected chi connectivity index (χ2v) is 5.84. The lowest BCUT2D eigenvalue weighted by molar-refractivity contribution is 0.475. The summed E-state index contributed by atoms with van der Waals surface area (Å²) in [6, 6.07) is 10.7. The first-order chi connectivity index (χ1) is 12.0. The number of pyridine rings is 1. The maximum Gasteiger partial charge on any atom is 0.142 e. The minimum atomic E-state index is 0.129. The monoisotopic (exact) mass is 333 g/mol. The van der Waals surface area contributed by atoms with Gasteiger partial charge in [0, 0.05) is 23.4 Å². The van der Waals surface area contributed by atoms with Crippen molar-refractivity contribution in [3.63, 3.8) is 0 Å². The average Bonchev–Trinajstić information content (AvgIpc) is 2.88. The van der Waals surface area contributed by atoms with E-state index in [-0.39, 0.29) is 11.6 Å². The molecule has 3 aromatic rings. The Kier molecular flexibility index (Phi) is 4.15. The summed E-state index contributed by atoms with van der Waals surface area (Å²) in [5, 5.41) is 23.8. The summed E-state index contributed by atoms with van der Waals surface area (Å²) in [7, 11) is 0. The largest absolute Gasteiger partial charge is 0.508 e. The molecule has 0 saturated heterocycles. The number of nitrogen functional groups attached to an aromatic ring is 1. The Morgan fingerprint density at radius 3 is 2.64 bits per heavy atom. The molecule has 0 amide bonds. The zero-order chi connectivity index (χ0) is 18.1. The minimum Gasteiger partial charge on any atom is -0.508 e. The highest BCUT2D eigenvalue weighted by Gasteiger charge is 2.18. The molecule has 6 nitrogen and oxygen atoms in total. The fourth-order valence-electron chi connectivity index (χ4n) is 3.09. The molecule has 126 valence electrons. The molecule has 0 spiro atoms. The van der Waals surface area contributed by atoms with Crippen molar-refractivity contribution in [2.24, 2.45) is 0 Å². The van der Waals surface area contributed by atoms with Gasteiger partial charge in [0.1, 0.15) is 23.2 Å². The molecule has 1 aromatic carbocycles. The molecule has 0 unspecified atom stereocenters. The maximum absolute atomic E-state index is 9.77. The summed E-state index contributed by atoms with van der Waals surface area (Å²) in [5.41, 5.74) is 11.2. The number of anilines is 1. The molecule has 6 heteroatoms. The van der Waals surface area contributed by atoms with Crippen LogP contribution in [0.3, 0.4) is 0 Å². The Balaban J connectivity index is 2.28. The lowest BCUT2D eigenvalue weighted by Gasteiger charge is -2.11. The van der Waals surface area contributed by atoms with E-state index in [9.17, 15) is 10.4 Å². The van der Waals surface area contributed by atoms with Crippen LogP contribution >= 0.6 is 0 Å². The number of rotatable bonds is 3. The third kappa shape index (κ3) is 2.81. The summed E-state index contributed by atoms with van der Waals surface area (Å²) >= 11 is 0. The Morgan fingerprint density at radius 2 is 2.04 bits per heavy atom. The van der Waals surface area contributed by atoms with E-state index in [0.29, 0.717) is 22.4 Å². The fraction of sp³-hybridized carbons (Fsp3) is 0.211. The molecule has 0 fully saturated rings. The smallest absolute Gasteiger partial charge is 0.142 e. The number of aryl methyl sites for hydroxylation is 2. The molecule has 0 aliphatic carbocycles. The highest BCUT2D eigenvalue weighted by molar-refractivity contribution is 5.81. The number of nitrogens with two attached hydrogens (primary N) is 1. The number of benzene rings is 1. The number of aromatic hydroxyl groups is 1. The number of nitriles is 1. The molecule has 0 radical (unpaired) electrons. The van der Waals surface area contributed by atoms with Gasteiger partial charge in [-0.15, -0.1) is 0 Å². The van der Waals surface area contributed by atoms with Crippen LogP contribution in [0.2, 0.25) is 0 Å². The van der Waals surface area contributed by atoms with E-state index in [1.165, 1.54) is 0 Å². The van der Waals surface area contributed by atoms with E-state index in [1.54, 1.807) is 18.2 Å². The van der Waals surface area contributed by atoms with E-state index < -0.39 is 0 Å². The first-order valence-electron chi connectivity index (χ1n) is 8.00. The summed E-state index contributed by atoms with van der Waals surface area (Å²) in [6.07, 6.45) is 0. The lowest BCUT2D eigenvalue weighted by atomic mass is 9.98. The van der Waals surface area contributed by atoms with E-state index in [4.69, 9.17) is 5.73 Å². The van der Waals surface area contributed by atoms with Gasteiger partial charge in [-0.1, -0.05) is 12.1 Å². The Bertz CT molecular complexity index is 998. The normalized spacial score (nSPS) is 10.6. The number of aromatic nitrogens is 3. The second kappa shape index (κ2) is 6.29.